The lowest BCUT2D eigenvalue weighted by Crippen LogP contribution is -2.10. The fourth-order valence-electron chi connectivity index (χ4n) is 11.8. The van der Waals surface area contributed by atoms with Gasteiger partial charge >= 0.3 is 0 Å². The van der Waals surface area contributed by atoms with Crippen molar-refractivity contribution < 1.29 is 4.42 Å². The summed E-state index contributed by atoms with van der Waals surface area (Å²) in [7, 11) is 0. The molecule has 0 aliphatic rings. The maximum Gasteiger partial charge on any atom is 0.159 e. The Morgan fingerprint density at radius 2 is 0.716 bits per heavy atom. The Morgan fingerprint density at radius 3 is 1.49 bits per heavy atom. The first kappa shape index (κ1) is 42.0. The highest BCUT2D eigenvalue weighted by Crippen LogP contribution is 2.45. The van der Waals surface area contributed by atoms with Crippen molar-refractivity contribution in [2.24, 2.45) is 0 Å². The number of furan rings is 1. The third-order valence-electron chi connectivity index (χ3n) is 15.4. The van der Waals surface area contributed by atoms with Crippen LogP contribution in [0.5, 0.6) is 0 Å². The van der Waals surface area contributed by atoms with Crippen molar-refractivity contribution in [2.45, 2.75) is 0 Å². The van der Waals surface area contributed by atoms with Crippen molar-refractivity contribution in [3.05, 3.63) is 273 Å². The zero-order chi connectivity index (χ0) is 48.7. The minimum absolute atomic E-state index is 0.856. The maximum atomic E-state index is 6.74. The lowest BCUT2D eigenvalue weighted by molar-refractivity contribution is 0.669. The third-order valence-corrected chi connectivity index (χ3v) is 15.4. The number of rotatable bonds is 7. The third kappa shape index (κ3) is 6.88. The molecule has 15 rings (SSSR count). The zero-order valence-corrected chi connectivity index (χ0v) is 40.3. The Balaban J connectivity index is 0.827. The van der Waals surface area contributed by atoms with Gasteiger partial charge in [-0.2, -0.15) is 0 Å². The summed E-state index contributed by atoms with van der Waals surface area (Å²) in [6.07, 6.45) is 0. The SMILES string of the molecule is c1ccc(-c2cc3cc(-c4ccc5c(ccc6ccc(-c7cccc(N(c8ccc(-c9cc%10ccccc%10c%10ccccc9%10)cc8)c8cccc9c8oc8ccccc89)c7)cc65)c4)ccc3c3ccccc23)cc1. The molecule has 0 N–H and O–H groups in total. The molecule has 0 fully saturated rings. The minimum atomic E-state index is 0.856. The van der Waals surface area contributed by atoms with Crippen LogP contribution in [0.2, 0.25) is 0 Å². The lowest BCUT2D eigenvalue weighted by atomic mass is 9.91. The summed E-state index contributed by atoms with van der Waals surface area (Å²) >= 11 is 0. The van der Waals surface area contributed by atoms with Gasteiger partial charge in [-0.25, -0.2) is 0 Å². The summed E-state index contributed by atoms with van der Waals surface area (Å²) in [5.74, 6) is 0. The number of nitrogens with zero attached hydrogens (tertiary/aromatic N) is 1. The van der Waals surface area contributed by atoms with E-state index in [1.165, 1.54) is 98.0 Å². The molecule has 0 radical (unpaired) electrons. The van der Waals surface area contributed by atoms with E-state index in [1.807, 2.05) is 6.07 Å². The maximum absolute atomic E-state index is 6.74. The first-order chi connectivity index (χ1) is 36.7. The molecule has 0 unspecified atom stereocenters. The van der Waals surface area contributed by atoms with Crippen LogP contribution in [-0.2, 0) is 0 Å². The van der Waals surface area contributed by atoms with Crippen molar-refractivity contribution in [3.8, 4) is 44.5 Å². The van der Waals surface area contributed by atoms with Crippen LogP contribution < -0.4 is 4.90 Å². The van der Waals surface area contributed by atoms with Crippen molar-refractivity contribution >= 4 is 104 Å². The van der Waals surface area contributed by atoms with Gasteiger partial charge in [0, 0.05) is 22.1 Å². The van der Waals surface area contributed by atoms with Crippen molar-refractivity contribution in [2.75, 3.05) is 4.90 Å². The van der Waals surface area contributed by atoms with Crippen molar-refractivity contribution in [1.82, 2.24) is 0 Å². The van der Waals surface area contributed by atoms with E-state index in [0.717, 1.165) is 50.1 Å². The smallest absolute Gasteiger partial charge is 0.159 e. The summed E-state index contributed by atoms with van der Waals surface area (Å²) in [6, 6.07) is 99.8. The topological polar surface area (TPSA) is 16.4 Å². The molecule has 0 spiro atoms. The van der Waals surface area contributed by atoms with Gasteiger partial charge in [-0.15, -0.1) is 0 Å². The average Bonchev–Trinajstić information content (AvgIpc) is 3.86. The predicted molar refractivity (Wildman–Crippen MR) is 315 cm³/mol. The summed E-state index contributed by atoms with van der Waals surface area (Å²) in [5, 5.41) is 17.2. The van der Waals surface area contributed by atoms with E-state index in [4.69, 9.17) is 4.42 Å². The number of hydrogen-bond acceptors (Lipinski definition) is 2. The number of fused-ring (bicyclic) bond motifs is 12. The first-order valence-electron chi connectivity index (χ1n) is 25.5. The van der Waals surface area contributed by atoms with Gasteiger partial charge in [0.05, 0.1) is 5.69 Å². The fraction of sp³-hybridized carbons (Fsp3) is 0. The van der Waals surface area contributed by atoms with Gasteiger partial charge in [0.1, 0.15) is 5.58 Å². The van der Waals surface area contributed by atoms with Crippen molar-refractivity contribution in [1.29, 1.82) is 0 Å². The summed E-state index contributed by atoms with van der Waals surface area (Å²) in [5.41, 5.74) is 14.4. The number of para-hydroxylation sites is 2. The molecule has 0 aliphatic heterocycles. The van der Waals surface area contributed by atoms with E-state index in [0.29, 0.717) is 0 Å². The fourth-order valence-corrected chi connectivity index (χ4v) is 11.8. The molecule has 2 heteroatoms. The van der Waals surface area contributed by atoms with Crippen LogP contribution in [0.25, 0.3) is 131 Å². The molecule has 0 bridgehead atoms. The van der Waals surface area contributed by atoms with E-state index in [1.54, 1.807) is 0 Å². The van der Waals surface area contributed by atoms with Gasteiger partial charge in [0.25, 0.3) is 0 Å². The molecule has 2 nitrogen and oxygen atoms in total. The van der Waals surface area contributed by atoms with Crippen LogP contribution in [0, 0.1) is 0 Å². The summed E-state index contributed by atoms with van der Waals surface area (Å²) in [4.78, 5) is 2.35. The Kier molecular flexibility index (Phi) is 9.61. The Morgan fingerprint density at radius 1 is 0.230 bits per heavy atom. The molecule has 0 saturated heterocycles. The lowest BCUT2D eigenvalue weighted by Gasteiger charge is -2.26. The monoisotopic (exact) mass is 939 g/mol. The molecule has 1 heterocycles. The van der Waals surface area contributed by atoms with Crippen LogP contribution in [0.4, 0.5) is 17.1 Å². The van der Waals surface area contributed by atoms with E-state index >= 15 is 0 Å². The highest BCUT2D eigenvalue weighted by molar-refractivity contribution is 6.16. The molecular weight excluding hydrogens is 895 g/mol. The Labute approximate surface area is 428 Å². The van der Waals surface area contributed by atoms with Gasteiger partial charge in [-0.1, -0.05) is 206 Å². The van der Waals surface area contributed by atoms with Crippen LogP contribution in [0.3, 0.4) is 0 Å². The quantitative estimate of drug-likeness (QED) is 0.148. The summed E-state index contributed by atoms with van der Waals surface area (Å²) < 4.78 is 6.74. The Bertz CT molecular complexity index is 4720. The normalized spacial score (nSPS) is 11.8. The Hall–Kier alpha value is -9.76. The average molecular weight is 940 g/mol. The standard InChI is InChI=1S/C72H45NO/c1-2-14-46(15-3-1)69-45-55-41-51(35-39-60(55)62-21-7-9-23-64(62)69)50-34-38-59-54(40-50)31-29-47-28-30-52(43-67(47)59)49-17-12-18-57(42-49)73(70-26-13-25-66-65-24-10-11-27-71(65)74-72(66)70)56-36-32-48(33-37-56)68-44-53-16-4-5-19-58(53)61-20-6-8-22-63(61)68/h1-45H. The second-order valence-corrected chi connectivity index (χ2v) is 19.6. The van der Waals surface area contributed by atoms with E-state index < -0.39 is 0 Å². The highest BCUT2D eigenvalue weighted by Gasteiger charge is 2.21. The molecule has 0 saturated carbocycles. The van der Waals surface area contributed by atoms with Gasteiger partial charge in [0.2, 0.25) is 0 Å². The second kappa shape index (κ2) is 16.9. The first-order valence-corrected chi connectivity index (χ1v) is 25.5. The molecule has 0 atom stereocenters. The van der Waals surface area contributed by atoms with Crippen LogP contribution in [0.15, 0.2) is 277 Å². The molecule has 14 aromatic carbocycles. The van der Waals surface area contributed by atoms with E-state index in [2.05, 4.69) is 272 Å². The van der Waals surface area contributed by atoms with Gasteiger partial charge in [-0.05, 0) is 176 Å². The number of anilines is 3. The van der Waals surface area contributed by atoms with Crippen molar-refractivity contribution in [3.63, 3.8) is 0 Å². The molecule has 74 heavy (non-hydrogen) atoms. The van der Waals surface area contributed by atoms with Crippen LogP contribution in [0.1, 0.15) is 0 Å². The van der Waals surface area contributed by atoms with Crippen LogP contribution >= 0.6 is 0 Å². The predicted octanol–water partition coefficient (Wildman–Crippen LogP) is 20.6. The van der Waals surface area contributed by atoms with E-state index in [-0.39, 0.29) is 0 Å². The van der Waals surface area contributed by atoms with Gasteiger partial charge in [-0.3, -0.25) is 0 Å². The van der Waals surface area contributed by atoms with Gasteiger partial charge < -0.3 is 9.32 Å². The van der Waals surface area contributed by atoms with E-state index in [9.17, 15) is 0 Å². The largest absolute Gasteiger partial charge is 0.454 e. The molecular formula is C72H45NO. The van der Waals surface area contributed by atoms with Gasteiger partial charge in [0.15, 0.2) is 5.58 Å². The number of benzene rings is 14. The summed E-state index contributed by atoms with van der Waals surface area (Å²) in [6.45, 7) is 0. The molecule has 15 aromatic rings. The van der Waals surface area contributed by atoms with Crippen LogP contribution in [-0.4, -0.2) is 0 Å². The second-order valence-electron chi connectivity index (χ2n) is 19.6. The molecule has 344 valence electrons. The minimum Gasteiger partial charge on any atom is -0.454 e. The molecule has 0 aliphatic carbocycles. The number of hydrogen-bond donors (Lipinski definition) is 0. The molecule has 1 aromatic heterocycles. The zero-order valence-electron chi connectivity index (χ0n) is 40.3. The molecule has 0 amide bonds. The highest BCUT2D eigenvalue weighted by atomic mass is 16.3.